The van der Waals surface area contributed by atoms with Gasteiger partial charge in [0.1, 0.15) is 0 Å². The molecule has 0 spiro atoms. The largest absolute Gasteiger partial charge is 0.412 e. The Balaban J connectivity index is -0.00000235. The highest BCUT2D eigenvalue weighted by atomic mass is 16.5. The Hall–Kier alpha value is -0.340. The first-order valence-corrected chi connectivity index (χ1v) is 13.2. The van der Waals surface area contributed by atoms with E-state index in [2.05, 4.69) is 40.9 Å². The molecule has 0 amide bonds. The van der Waals surface area contributed by atoms with Gasteiger partial charge in [-0.1, -0.05) is 130 Å². The van der Waals surface area contributed by atoms with Crippen LogP contribution in [0, 0.1) is 11.8 Å². The maximum absolute atomic E-state index is 5.80. The van der Waals surface area contributed by atoms with Gasteiger partial charge in [0, 0.05) is 13.2 Å². The number of ether oxygens (including phenoxy) is 1. The summed E-state index contributed by atoms with van der Waals surface area (Å²) in [7, 11) is 0. The molecule has 0 radical (unpaired) electrons. The fourth-order valence-corrected chi connectivity index (χ4v) is 3.74. The van der Waals surface area contributed by atoms with Crippen molar-refractivity contribution < 1.29 is 10.2 Å². The van der Waals surface area contributed by atoms with E-state index in [9.17, 15) is 0 Å². The van der Waals surface area contributed by atoms with Gasteiger partial charge < -0.3 is 10.2 Å². The molecule has 0 rings (SSSR count). The van der Waals surface area contributed by atoms with E-state index < -0.39 is 0 Å². The molecule has 0 fully saturated rings. The van der Waals surface area contributed by atoms with E-state index in [0.29, 0.717) is 0 Å². The lowest BCUT2D eigenvalue weighted by molar-refractivity contribution is 0.125. The molecule has 0 aliphatic rings. The van der Waals surface area contributed by atoms with Gasteiger partial charge in [0.15, 0.2) is 0 Å². The van der Waals surface area contributed by atoms with E-state index in [4.69, 9.17) is 4.74 Å². The summed E-state index contributed by atoms with van der Waals surface area (Å²) in [6, 6.07) is 0. The van der Waals surface area contributed by atoms with Crippen LogP contribution >= 0.6 is 0 Å². The summed E-state index contributed by atoms with van der Waals surface area (Å²) in [6.07, 6.45) is 25.3. The van der Waals surface area contributed by atoms with Gasteiger partial charge in [-0.2, -0.15) is 0 Å². The maximum atomic E-state index is 5.80. The zero-order valence-electron chi connectivity index (χ0n) is 21.6. The van der Waals surface area contributed by atoms with Crippen LogP contribution < -0.4 is 0 Å². The SMILES string of the molecule is C=C.CC(C)CCCCCCCCCCOCCCCCCCCCCC(C)C.O. The highest BCUT2D eigenvalue weighted by molar-refractivity contribution is 4.51. The maximum Gasteiger partial charge on any atom is 0.0466 e. The lowest BCUT2D eigenvalue weighted by atomic mass is 10.0. The molecule has 30 heavy (non-hydrogen) atoms. The van der Waals surface area contributed by atoms with Crippen LogP contribution in [0.15, 0.2) is 13.2 Å². The lowest BCUT2D eigenvalue weighted by Gasteiger charge is -2.06. The first-order valence-electron chi connectivity index (χ1n) is 13.2. The van der Waals surface area contributed by atoms with Gasteiger partial charge in [-0.05, 0) is 24.7 Å². The van der Waals surface area contributed by atoms with E-state index in [-0.39, 0.29) is 5.48 Å². The highest BCUT2D eigenvalue weighted by Crippen LogP contribution is 2.14. The van der Waals surface area contributed by atoms with Crippen molar-refractivity contribution in [1.82, 2.24) is 0 Å². The summed E-state index contributed by atoms with van der Waals surface area (Å²) in [6.45, 7) is 17.3. The third kappa shape index (κ3) is 35.1. The van der Waals surface area contributed by atoms with Crippen molar-refractivity contribution in [2.24, 2.45) is 11.8 Å². The van der Waals surface area contributed by atoms with Gasteiger partial charge in [0.2, 0.25) is 0 Å². The van der Waals surface area contributed by atoms with Crippen LogP contribution in [0.2, 0.25) is 0 Å². The number of rotatable bonds is 22. The predicted molar refractivity (Wildman–Crippen MR) is 138 cm³/mol. The first kappa shape index (κ1) is 34.3. The third-order valence-electron chi connectivity index (χ3n) is 5.64. The minimum Gasteiger partial charge on any atom is -0.412 e. The van der Waals surface area contributed by atoms with Crippen LogP contribution in [0.4, 0.5) is 0 Å². The quantitative estimate of drug-likeness (QED) is 0.125. The zero-order chi connectivity index (χ0) is 22.0. The monoisotopic (exact) mass is 428 g/mol. The second-order valence-corrected chi connectivity index (χ2v) is 9.63. The molecule has 0 saturated heterocycles. The molecular formula is C28H60O2. The topological polar surface area (TPSA) is 40.7 Å². The Kier molecular flexibility index (Phi) is 35.2. The number of hydrogen-bond acceptors (Lipinski definition) is 1. The summed E-state index contributed by atoms with van der Waals surface area (Å²) in [5.74, 6) is 1.77. The van der Waals surface area contributed by atoms with E-state index >= 15 is 0 Å². The molecule has 0 atom stereocenters. The van der Waals surface area contributed by atoms with E-state index in [1.54, 1.807) is 0 Å². The van der Waals surface area contributed by atoms with Gasteiger partial charge in [-0.3, -0.25) is 0 Å². The standard InChI is InChI=1S/C26H54O.C2H4.H2O/c1-25(2)21-17-13-9-5-7-11-15-19-23-27-24-20-16-12-8-6-10-14-18-22-26(3)4;1-2;/h25-26H,5-24H2,1-4H3;1-2H2;1H2. The van der Waals surface area contributed by atoms with Gasteiger partial charge in [0.25, 0.3) is 0 Å². The van der Waals surface area contributed by atoms with Crippen LogP contribution in [0.1, 0.15) is 143 Å². The molecule has 0 bridgehead atoms. The average Bonchev–Trinajstić information content (AvgIpc) is 2.70. The molecule has 0 saturated carbocycles. The molecular weight excluding hydrogens is 368 g/mol. The van der Waals surface area contributed by atoms with E-state index in [0.717, 1.165) is 25.0 Å². The Morgan fingerprint density at radius 1 is 0.433 bits per heavy atom. The summed E-state index contributed by atoms with van der Waals surface area (Å²) >= 11 is 0. The smallest absolute Gasteiger partial charge is 0.0466 e. The van der Waals surface area contributed by atoms with Crippen LogP contribution in [0.3, 0.4) is 0 Å². The predicted octanol–water partition coefficient (Wildman–Crippen LogP) is 9.31. The fraction of sp³-hybridized carbons (Fsp3) is 0.929. The molecule has 2 N–H and O–H groups in total. The van der Waals surface area contributed by atoms with Gasteiger partial charge in [-0.25, -0.2) is 0 Å². The Labute approximate surface area is 192 Å². The molecule has 0 aliphatic carbocycles. The van der Waals surface area contributed by atoms with Crippen LogP contribution in [-0.4, -0.2) is 18.7 Å². The number of hydrogen-bond donors (Lipinski definition) is 0. The van der Waals surface area contributed by atoms with Crippen molar-refractivity contribution in [3.63, 3.8) is 0 Å². The summed E-state index contributed by atoms with van der Waals surface area (Å²) in [5.41, 5.74) is 0. The van der Waals surface area contributed by atoms with Gasteiger partial charge in [0.05, 0.1) is 0 Å². The molecule has 0 heterocycles. The second-order valence-electron chi connectivity index (χ2n) is 9.63. The lowest BCUT2D eigenvalue weighted by Crippen LogP contribution is -1.97. The molecule has 2 nitrogen and oxygen atoms in total. The Morgan fingerprint density at radius 2 is 0.667 bits per heavy atom. The average molecular weight is 429 g/mol. The molecule has 0 aromatic rings. The minimum absolute atomic E-state index is 0. The Bertz CT molecular complexity index is 250. The van der Waals surface area contributed by atoms with E-state index in [1.807, 2.05) is 0 Å². The fourth-order valence-electron chi connectivity index (χ4n) is 3.74. The summed E-state index contributed by atoms with van der Waals surface area (Å²) < 4.78 is 5.80. The second kappa shape index (κ2) is 30.9. The van der Waals surface area contributed by atoms with Gasteiger partial charge >= 0.3 is 0 Å². The molecule has 184 valence electrons. The third-order valence-corrected chi connectivity index (χ3v) is 5.64. The first-order chi connectivity index (χ1) is 14.1. The van der Waals surface area contributed by atoms with Crippen LogP contribution in [0.25, 0.3) is 0 Å². The molecule has 0 aromatic carbocycles. The molecule has 0 aliphatic heterocycles. The normalized spacial score (nSPS) is 10.7. The van der Waals surface area contributed by atoms with Crippen molar-refractivity contribution >= 4 is 0 Å². The Morgan fingerprint density at radius 3 is 0.933 bits per heavy atom. The molecule has 2 heteroatoms. The van der Waals surface area contributed by atoms with Crippen molar-refractivity contribution in [3.8, 4) is 0 Å². The van der Waals surface area contributed by atoms with Gasteiger partial charge in [-0.15, -0.1) is 13.2 Å². The molecule has 0 aromatic heterocycles. The summed E-state index contributed by atoms with van der Waals surface area (Å²) in [4.78, 5) is 0. The van der Waals surface area contributed by atoms with Crippen molar-refractivity contribution in [2.75, 3.05) is 13.2 Å². The van der Waals surface area contributed by atoms with Crippen molar-refractivity contribution in [2.45, 2.75) is 143 Å². The molecule has 0 unspecified atom stereocenters. The minimum atomic E-state index is 0. The highest BCUT2D eigenvalue weighted by Gasteiger charge is 1.97. The van der Waals surface area contributed by atoms with Crippen molar-refractivity contribution in [3.05, 3.63) is 13.2 Å². The van der Waals surface area contributed by atoms with Crippen LogP contribution in [-0.2, 0) is 4.74 Å². The number of unbranched alkanes of at least 4 members (excludes halogenated alkanes) is 14. The van der Waals surface area contributed by atoms with Crippen molar-refractivity contribution in [1.29, 1.82) is 0 Å². The summed E-state index contributed by atoms with van der Waals surface area (Å²) in [5, 5.41) is 0. The zero-order valence-corrected chi connectivity index (χ0v) is 21.6. The van der Waals surface area contributed by atoms with E-state index in [1.165, 1.54) is 116 Å². The van der Waals surface area contributed by atoms with Crippen LogP contribution in [0.5, 0.6) is 0 Å².